The summed E-state index contributed by atoms with van der Waals surface area (Å²) in [6, 6.07) is 10.1. The van der Waals surface area contributed by atoms with E-state index in [1.165, 1.54) is 17.3 Å². The van der Waals surface area contributed by atoms with E-state index in [4.69, 9.17) is 5.73 Å². The average Bonchev–Trinajstić information content (AvgIpc) is 2.41. The lowest BCUT2D eigenvalue weighted by atomic mass is 10.1. The van der Waals surface area contributed by atoms with Gasteiger partial charge in [0.25, 0.3) is 5.91 Å². The van der Waals surface area contributed by atoms with Crippen molar-refractivity contribution < 1.29 is 4.79 Å². The van der Waals surface area contributed by atoms with Gasteiger partial charge in [-0.3, -0.25) is 4.79 Å². The van der Waals surface area contributed by atoms with Gasteiger partial charge in [0.15, 0.2) is 0 Å². The molecule has 0 atom stereocenters. The van der Waals surface area contributed by atoms with Gasteiger partial charge in [-0.15, -0.1) is 11.8 Å². The number of rotatable bonds is 4. The molecule has 0 unspecified atom stereocenters. The maximum atomic E-state index is 11.6. The first-order chi connectivity index (χ1) is 9.09. The van der Waals surface area contributed by atoms with Crippen LogP contribution < -0.4 is 5.73 Å². The summed E-state index contributed by atoms with van der Waals surface area (Å²) in [4.78, 5) is 15.9. The fourth-order valence-electron chi connectivity index (χ4n) is 1.80. The van der Waals surface area contributed by atoms with Crippen molar-refractivity contribution in [1.29, 1.82) is 0 Å². The number of hydrogen-bond acceptors (Lipinski definition) is 3. The molecule has 0 fully saturated rings. The number of carbonyl (C=O) groups is 1. The van der Waals surface area contributed by atoms with Crippen molar-refractivity contribution in [3.8, 4) is 0 Å². The molecule has 1 heterocycles. The minimum absolute atomic E-state index is 0.413. The Morgan fingerprint density at radius 1 is 1.26 bits per heavy atom. The number of aromatic nitrogens is 1. The number of primary amides is 1. The number of thioether (sulfide) groups is 1. The number of benzene rings is 1. The molecule has 0 radical (unpaired) electrons. The molecule has 0 saturated heterocycles. The Morgan fingerprint density at radius 3 is 2.58 bits per heavy atom. The lowest BCUT2D eigenvalue weighted by Crippen LogP contribution is -2.15. The summed E-state index contributed by atoms with van der Waals surface area (Å²) in [5, 5.41) is 0.708. The summed E-state index contributed by atoms with van der Waals surface area (Å²) in [7, 11) is 0. The van der Waals surface area contributed by atoms with Crippen LogP contribution in [-0.4, -0.2) is 10.9 Å². The molecule has 3 nitrogen and oxygen atoms in total. The van der Waals surface area contributed by atoms with E-state index >= 15 is 0 Å². The Hall–Kier alpha value is -1.81. The van der Waals surface area contributed by atoms with E-state index < -0.39 is 5.91 Å². The molecule has 0 aliphatic heterocycles. The van der Waals surface area contributed by atoms with Crippen LogP contribution >= 0.6 is 11.8 Å². The van der Waals surface area contributed by atoms with Crippen molar-refractivity contribution in [1.82, 2.24) is 4.98 Å². The van der Waals surface area contributed by atoms with Crippen molar-refractivity contribution in [2.24, 2.45) is 5.73 Å². The van der Waals surface area contributed by atoms with Crippen LogP contribution in [0.5, 0.6) is 0 Å². The first-order valence-electron chi connectivity index (χ1n) is 6.02. The van der Waals surface area contributed by atoms with Crippen molar-refractivity contribution in [2.45, 2.75) is 24.6 Å². The number of nitrogens with two attached hydrogens (primary N) is 1. The lowest BCUT2D eigenvalue weighted by Gasteiger charge is -2.10. The second-order valence-electron chi connectivity index (χ2n) is 4.38. The normalized spacial score (nSPS) is 10.4. The zero-order chi connectivity index (χ0) is 13.8. The zero-order valence-electron chi connectivity index (χ0n) is 11.0. The van der Waals surface area contributed by atoms with E-state index in [9.17, 15) is 4.79 Å². The maximum absolute atomic E-state index is 11.6. The zero-order valence-corrected chi connectivity index (χ0v) is 11.8. The number of carbonyl (C=O) groups excluding carboxylic acids is 1. The first-order valence-corrected chi connectivity index (χ1v) is 7.01. The molecule has 1 aromatic carbocycles. The Balaban J connectivity index is 2.26. The molecule has 0 spiro atoms. The topological polar surface area (TPSA) is 56.0 Å². The van der Waals surface area contributed by atoms with Crippen molar-refractivity contribution >= 4 is 17.7 Å². The number of amides is 1. The Labute approximate surface area is 117 Å². The predicted octanol–water partition coefficient (Wildman–Crippen LogP) is 3.09. The molecule has 2 N–H and O–H groups in total. The number of pyridine rings is 1. The van der Waals surface area contributed by atoms with Crippen LogP contribution in [0.3, 0.4) is 0 Å². The highest BCUT2D eigenvalue weighted by molar-refractivity contribution is 7.98. The number of aryl methyl sites for hydroxylation is 1. The van der Waals surface area contributed by atoms with E-state index in [2.05, 4.69) is 17.1 Å². The second kappa shape index (κ2) is 5.89. The van der Waals surface area contributed by atoms with Gasteiger partial charge in [0.05, 0.1) is 5.56 Å². The van der Waals surface area contributed by atoms with Crippen LogP contribution in [0.1, 0.15) is 27.0 Å². The summed E-state index contributed by atoms with van der Waals surface area (Å²) in [6.07, 6.45) is 1.79. The standard InChI is InChI=1S/C15H16N2OS/c1-10-8-17-15(13(11(10)2)14(16)18)19-9-12-6-4-3-5-7-12/h3-8H,9H2,1-2H3,(H2,16,18). The van der Waals surface area contributed by atoms with Gasteiger partial charge in [0, 0.05) is 11.9 Å². The van der Waals surface area contributed by atoms with Crippen LogP contribution in [0.15, 0.2) is 41.6 Å². The summed E-state index contributed by atoms with van der Waals surface area (Å²) in [6.45, 7) is 3.84. The summed E-state index contributed by atoms with van der Waals surface area (Å²) >= 11 is 1.54. The highest BCUT2D eigenvalue weighted by atomic mass is 32.2. The summed E-state index contributed by atoms with van der Waals surface area (Å²) in [5.74, 6) is 0.362. The molecule has 2 aromatic rings. The van der Waals surface area contributed by atoms with Gasteiger partial charge in [0.1, 0.15) is 5.03 Å². The van der Waals surface area contributed by atoms with Gasteiger partial charge >= 0.3 is 0 Å². The lowest BCUT2D eigenvalue weighted by molar-refractivity contribution is 0.0996. The third-order valence-corrected chi connectivity index (χ3v) is 4.08. The number of nitrogens with zero attached hydrogens (tertiary/aromatic N) is 1. The van der Waals surface area contributed by atoms with Crippen LogP contribution in [-0.2, 0) is 5.75 Å². The molecule has 0 aliphatic rings. The van der Waals surface area contributed by atoms with E-state index in [-0.39, 0.29) is 0 Å². The Morgan fingerprint density at radius 2 is 1.95 bits per heavy atom. The van der Waals surface area contributed by atoms with Gasteiger partial charge in [0.2, 0.25) is 0 Å². The van der Waals surface area contributed by atoms with Crippen LogP contribution in [0.2, 0.25) is 0 Å². The van der Waals surface area contributed by atoms with Gasteiger partial charge < -0.3 is 5.73 Å². The monoisotopic (exact) mass is 272 g/mol. The molecule has 1 amide bonds. The maximum Gasteiger partial charge on any atom is 0.251 e. The molecule has 4 heteroatoms. The average molecular weight is 272 g/mol. The summed E-state index contributed by atoms with van der Waals surface area (Å²) in [5.41, 5.74) is 9.10. The van der Waals surface area contributed by atoms with Gasteiger partial charge in [-0.25, -0.2) is 4.98 Å². The first kappa shape index (κ1) is 13.6. The fourth-order valence-corrected chi connectivity index (χ4v) is 2.82. The minimum atomic E-state index is -0.413. The van der Waals surface area contributed by atoms with Crippen LogP contribution in [0.4, 0.5) is 0 Å². The largest absolute Gasteiger partial charge is 0.366 e. The molecule has 19 heavy (non-hydrogen) atoms. The minimum Gasteiger partial charge on any atom is -0.366 e. The van der Waals surface area contributed by atoms with Crippen molar-refractivity contribution in [3.63, 3.8) is 0 Å². The Bertz CT molecular complexity index is 597. The molecule has 0 saturated carbocycles. The van der Waals surface area contributed by atoms with Crippen molar-refractivity contribution in [3.05, 3.63) is 58.8 Å². The quantitative estimate of drug-likeness (QED) is 0.870. The highest BCUT2D eigenvalue weighted by Crippen LogP contribution is 2.27. The third kappa shape index (κ3) is 3.15. The number of hydrogen-bond donors (Lipinski definition) is 1. The van der Waals surface area contributed by atoms with Gasteiger partial charge in [-0.05, 0) is 30.5 Å². The Kier molecular flexibility index (Phi) is 4.22. The molecule has 1 aromatic heterocycles. The molecular weight excluding hydrogens is 256 g/mol. The second-order valence-corrected chi connectivity index (χ2v) is 5.35. The van der Waals surface area contributed by atoms with Crippen molar-refractivity contribution in [2.75, 3.05) is 0 Å². The molecule has 0 aliphatic carbocycles. The SMILES string of the molecule is Cc1cnc(SCc2ccccc2)c(C(N)=O)c1C. The smallest absolute Gasteiger partial charge is 0.251 e. The van der Waals surface area contributed by atoms with E-state index in [0.717, 1.165) is 16.9 Å². The van der Waals surface area contributed by atoms with Gasteiger partial charge in [-0.2, -0.15) is 0 Å². The van der Waals surface area contributed by atoms with Gasteiger partial charge in [-0.1, -0.05) is 30.3 Å². The fraction of sp³-hybridized carbons (Fsp3) is 0.200. The van der Waals surface area contributed by atoms with E-state index in [0.29, 0.717) is 10.6 Å². The summed E-state index contributed by atoms with van der Waals surface area (Å²) < 4.78 is 0. The predicted molar refractivity (Wildman–Crippen MR) is 78.2 cm³/mol. The molecule has 2 rings (SSSR count). The molecular formula is C15H16N2OS. The third-order valence-electron chi connectivity index (χ3n) is 3.02. The highest BCUT2D eigenvalue weighted by Gasteiger charge is 2.15. The van der Waals surface area contributed by atoms with Crippen LogP contribution in [0, 0.1) is 13.8 Å². The van der Waals surface area contributed by atoms with Crippen LogP contribution in [0.25, 0.3) is 0 Å². The molecule has 98 valence electrons. The van der Waals surface area contributed by atoms with E-state index in [1.807, 2.05) is 32.0 Å². The van der Waals surface area contributed by atoms with E-state index in [1.54, 1.807) is 6.20 Å². The molecule has 0 bridgehead atoms.